The van der Waals surface area contributed by atoms with Gasteiger partial charge in [0.25, 0.3) is 0 Å². The van der Waals surface area contributed by atoms with Gasteiger partial charge in [0, 0.05) is 0 Å². The number of hydrogen-bond donors (Lipinski definition) is 0. The van der Waals surface area contributed by atoms with E-state index in [2.05, 4.69) is 62.3 Å². The minimum absolute atomic E-state index is 0.140. The van der Waals surface area contributed by atoms with Gasteiger partial charge in [-0.05, 0) is 104 Å². The highest BCUT2D eigenvalue weighted by Gasteiger charge is 2.43. The third-order valence-corrected chi connectivity index (χ3v) is 12.3. The molecule has 0 heterocycles. The average Bonchev–Trinajstić information content (AvgIpc) is 2.97. The van der Waals surface area contributed by atoms with E-state index in [4.69, 9.17) is 9.47 Å². The van der Waals surface area contributed by atoms with Gasteiger partial charge in [0.2, 0.25) is 0 Å². The second-order valence-corrected chi connectivity index (χ2v) is 18.4. The molecule has 0 aromatic heterocycles. The van der Waals surface area contributed by atoms with Crippen LogP contribution in [0.15, 0.2) is 0 Å². The van der Waals surface area contributed by atoms with Crippen LogP contribution in [-0.4, -0.2) is 25.2 Å². The summed E-state index contributed by atoms with van der Waals surface area (Å²) >= 11 is 0. The normalized spacial score (nSPS) is 33.0. The Labute approximate surface area is 279 Å². The lowest BCUT2D eigenvalue weighted by Gasteiger charge is -2.38. The van der Waals surface area contributed by atoms with Crippen molar-refractivity contribution in [2.45, 2.75) is 171 Å². The molecule has 0 saturated heterocycles. The number of ether oxygens (including phenoxy) is 2. The smallest absolute Gasteiger partial charge is 0.310 e. The summed E-state index contributed by atoms with van der Waals surface area (Å²) in [5.74, 6) is 2.97. The quantitative estimate of drug-likeness (QED) is 0.179. The Balaban J connectivity index is 1.57. The van der Waals surface area contributed by atoms with E-state index in [1.165, 1.54) is 77.0 Å². The predicted octanol–water partition coefficient (Wildman–Crippen LogP) is 11.4. The molecule has 4 heteroatoms. The highest BCUT2D eigenvalue weighted by molar-refractivity contribution is 5.82. The fraction of sp³-hybridized carbons (Fsp3) is 0.951. The minimum atomic E-state index is -0.365. The van der Waals surface area contributed by atoms with Crippen LogP contribution in [0.4, 0.5) is 0 Å². The topological polar surface area (TPSA) is 52.6 Å². The highest BCUT2D eigenvalue weighted by atomic mass is 16.5. The number of hydrogen-bond acceptors (Lipinski definition) is 4. The molecule has 0 N–H and O–H groups in total. The van der Waals surface area contributed by atoms with E-state index in [1.54, 1.807) is 0 Å². The summed E-state index contributed by atoms with van der Waals surface area (Å²) in [5, 5.41) is 0. The van der Waals surface area contributed by atoms with Crippen molar-refractivity contribution >= 4 is 11.9 Å². The Morgan fingerprint density at radius 2 is 1.09 bits per heavy atom. The maximum Gasteiger partial charge on any atom is 0.310 e. The van der Waals surface area contributed by atoms with E-state index in [0.717, 1.165) is 43.9 Å². The van der Waals surface area contributed by atoms with Crippen molar-refractivity contribution < 1.29 is 19.1 Å². The zero-order valence-electron chi connectivity index (χ0n) is 31.3. The molecule has 0 amide bonds. The Kier molecular flexibility index (Phi) is 15.3. The Morgan fingerprint density at radius 3 is 1.53 bits per heavy atom. The first-order valence-corrected chi connectivity index (χ1v) is 19.5. The standard InChI is InChI=1S/C41H74O4/c1-10-30-19-21-34(32(25-30)16-13-23-40(4,5)6)27-44-38(42)36-18-12-15-29(3)37(36)39(43)45-28-35-22-20-31(11-2)26-33(35)17-14-24-41(7,8)9/h29-37H,10-28H2,1-9H3. The zero-order chi connectivity index (χ0) is 33.2. The van der Waals surface area contributed by atoms with Gasteiger partial charge >= 0.3 is 11.9 Å². The Bertz CT molecular complexity index is 881. The molecule has 3 rings (SSSR count). The van der Waals surface area contributed by atoms with Gasteiger partial charge in [0.15, 0.2) is 0 Å². The lowest BCUT2D eigenvalue weighted by Crippen LogP contribution is -2.41. The van der Waals surface area contributed by atoms with Crippen LogP contribution < -0.4 is 0 Å². The predicted molar refractivity (Wildman–Crippen MR) is 188 cm³/mol. The summed E-state index contributed by atoms with van der Waals surface area (Å²) < 4.78 is 12.3. The molecule has 45 heavy (non-hydrogen) atoms. The molecule has 3 aliphatic rings. The van der Waals surface area contributed by atoms with E-state index in [9.17, 15) is 9.59 Å². The van der Waals surface area contributed by atoms with Crippen LogP contribution in [0.1, 0.15) is 171 Å². The molecule has 0 aromatic carbocycles. The first-order chi connectivity index (χ1) is 21.2. The van der Waals surface area contributed by atoms with E-state index < -0.39 is 0 Å². The van der Waals surface area contributed by atoms with Crippen molar-refractivity contribution in [3.8, 4) is 0 Å². The van der Waals surface area contributed by atoms with Gasteiger partial charge in [-0.1, -0.05) is 120 Å². The van der Waals surface area contributed by atoms with Gasteiger partial charge in [-0.15, -0.1) is 0 Å². The minimum Gasteiger partial charge on any atom is -0.465 e. The Morgan fingerprint density at radius 1 is 0.622 bits per heavy atom. The largest absolute Gasteiger partial charge is 0.465 e. The molecule has 4 nitrogen and oxygen atoms in total. The number of carbonyl (C=O) groups is 2. The highest BCUT2D eigenvalue weighted by Crippen LogP contribution is 2.42. The van der Waals surface area contributed by atoms with Gasteiger partial charge in [0.05, 0.1) is 25.0 Å². The van der Waals surface area contributed by atoms with Crippen LogP contribution in [0.2, 0.25) is 0 Å². The summed E-state index contributed by atoms with van der Waals surface area (Å²) in [6.45, 7) is 21.8. The van der Waals surface area contributed by atoms with Gasteiger partial charge < -0.3 is 9.47 Å². The number of esters is 2. The summed E-state index contributed by atoms with van der Waals surface area (Å²) in [6, 6.07) is 0. The zero-order valence-corrected chi connectivity index (χ0v) is 31.3. The molecule has 0 aromatic rings. The van der Waals surface area contributed by atoms with E-state index >= 15 is 0 Å². The van der Waals surface area contributed by atoms with Crippen LogP contribution in [0.25, 0.3) is 0 Å². The molecular formula is C41H74O4. The van der Waals surface area contributed by atoms with Gasteiger partial charge in [-0.25, -0.2) is 0 Å². The van der Waals surface area contributed by atoms with Crippen molar-refractivity contribution in [2.24, 2.45) is 64.1 Å². The van der Waals surface area contributed by atoms with Gasteiger partial charge in [-0.2, -0.15) is 0 Å². The van der Waals surface area contributed by atoms with Crippen LogP contribution in [0.5, 0.6) is 0 Å². The number of rotatable bonds is 14. The maximum absolute atomic E-state index is 13.7. The first kappa shape index (κ1) is 38.4. The molecule has 3 fully saturated rings. The second-order valence-electron chi connectivity index (χ2n) is 18.4. The maximum atomic E-state index is 13.7. The van der Waals surface area contributed by atoms with E-state index in [1.807, 2.05) is 0 Å². The van der Waals surface area contributed by atoms with E-state index in [0.29, 0.717) is 47.7 Å². The second kappa shape index (κ2) is 17.9. The summed E-state index contributed by atoms with van der Waals surface area (Å²) in [7, 11) is 0. The molecule has 0 aliphatic heterocycles. The van der Waals surface area contributed by atoms with Crippen LogP contribution >= 0.6 is 0 Å². The molecule has 0 radical (unpaired) electrons. The molecule has 3 aliphatic carbocycles. The summed E-state index contributed by atoms with van der Waals surface area (Å²) in [6.07, 6.45) is 20.1. The third-order valence-electron chi connectivity index (χ3n) is 12.3. The van der Waals surface area contributed by atoms with Crippen LogP contribution in [0, 0.1) is 64.1 Å². The van der Waals surface area contributed by atoms with Crippen molar-refractivity contribution in [2.75, 3.05) is 13.2 Å². The number of carbonyl (C=O) groups excluding carboxylic acids is 2. The fourth-order valence-electron chi connectivity index (χ4n) is 9.18. The monoisotopic (exact) mass is 631 g/mol. The SMILES string of the molecule is CCC1CCC(COC(=O)C2CCCC(C)C2C(=O)OCC2CCC(CC)CC2CCCC(C)(C)C)C(CCCC(C)(C)C)C1. The average molecular weight is 631 g/mol. The first-order valence-electron chi connectivity index (χ1n) is 19.5. The lowest BCUT2D eigenvalue weighted by atomic mass is 9.70. The molecule has 262 valence electrons. The van der Waals surface area contributed by atoms with Crippen molar-refractivity contribution in [1.82, 2.24) is 0 Å². The van der Waals surface area contributed by atoms with E-state index in [-0.39, 0.29) is 29.7 Å². The molecule has 0 bridgehead atoms. The summed E-state index contributed by atoms with van der Waals surface area (Å²) in [4.78, 5) is 27.4. The van der Waals surface area contributed by atoms with Crippen molar-refractivity contribution in [3.05, 3.63) is 0 Å². The van der Waals surface area contributed by atoms with Crippen LogP contribution in [0.3, 0.4) is 0 Å². The third kappa shape index (κ3) is 12.8. The van der Waals surface area contributed by atoms with Gasteiger partial charge in [-0.3, -0.25) is 9.59 Å². The lowest BCUT2D eigenvalue weighted by molar-refractivity contribution is -0.168. The van der Waals surface area contributed by atoms with Crippen molar-refractivity contribution in [3.63, 3.8) is 0 Å². The molecule has 9 unspecified atom stereocenters. The molecular weight excluding hydrogens is 556 g/mol. The van der Waals surface area contributed by atoms with Gasteiger partial charge in [0.1, 0.15) is 0 Å². The summed E-state index contributed by atoms with van der Waals surface area (Å²) in [5.41, 5.74) is 0.730. The fourth-order valence-corrected chi connectivity index (χ4v) is 9.18. The Hall–Kier alpha value is -1.06. The van der Waals surface area contributed by atoms with Crippen molar-refractivity contribution in [1.29, 1.82) is 0 Å². The molecule has 9 atom stereocenters. The molecule has 0 spiro atoms. The van der Waals surface area contributed by atoms with Crippen LogP contribution in [-0.2, 0) is 19.1 Å². The molecule has 3 saturated carbocycles.